The summed E-state index contributed by atoms with van der Waals surface area (Å²) >= 11 is 1.66. The molecule has 0 fully saturated rings. The lowest BCUT2D eigenvalue weighted by atomic mass is 10.2. The van der Waals surface area contributed by atoms with Crippen LogP contribution in [0.1, 0.15) is 22.8 Å². The Morgan fingerprint density at radius 2 is 2.07 bits per heavy atom. The van der Waals surface area contributed by atoms with Crippen molar-refractivity contribution < 1.29 is 4.79 Å². The summed E-state index contributed by atoms with van der Waals surface area (Å²) in [5, 5.41) is 2.02. The third-order valence-electron chi connectivity index (χ3n) is 2.09. The molecular formula is C11H17NOSSi. The van der Waals surface area contributed by atoms with Gasteiger partial charge in [-0.05, 0) is 17.9 Å². The van der Waals surface area contributed by atoms with Crippen LogP contribution in [0.25, 0.3) is 6.08 Å². The number of hydrogen-bond donors (Lipinski definition) is 1. The minimum atomic E-state index is -1.47. The molecule has 2 nitrogen and oxygen atoms in total. The minimum Gasteiger partial charge on any atom is -0.366 e. The fourth-order valence-corrected chi connectivity index (χ4v) is 4.87. The molecule has 4 heteroatoms. The number of primary amides is 1. The quantitative estimate of drug-likeness (QED) is 0.809. The molecule has 1 amide bonds. The summed E-state index contributed by atoms with van der Waals surface area (Å²) in [7, 11) is -1.47. The largest absolute Gasteiger partial charge is 0.366 e. The van der Waals surface area contributed by atoms with Crippen molar-refractivity contribution in [2.45, 2.75) is 26.6 Å². The molecule has 82 valence electrons. The molecule has 0 saturated carbocycles. The Hall–Kier alpha value is -0.873. The fourth-order valence-electron chi connectivity index (χ4n) is 1.48. The summed E-state index contributed by atoms with van der Waals surface area (Å²) in [5.74, 6) is -0.304. The molecule has 1 heterocycles. The highest BCUT2D eigenvalue weighted by Gasteiger charge is 2.26. The summed E-state index contributed by atoms with van der Waals surface area (Å²) in [6.07, 6.45) is 3.88. The summed E-state index contributed by atoms with van der Waals surface area (Å²) < 4.78 is 1.20. The van der Waals surface area contributed by atoms with E-state index in [1.807, 2.05) is 24.5 Å². The average Bonchev–Trinajstić information content (AvgIpc) is 2.47. The number of rotatable bonds is 3. The molecule has 1 rings (SSSR count). The van der Waals surface area contributed by atoms with Crippen molar-refractivity contribution in [3.05, 3.63) is 22.6 Å². The normalized spacial score (nSPS) is 12.3. The van der Waals surface area contributed by atoms with Crippen LogP contribution in [0.4, 0.5) is 0 Å². The molecule has 0 spiro atoms. The van der Waals surface area contributed by atoms with Crippen LogP contribution >= 0.6 is 11.3 Å². The molecule has 0 saturated heterocycles. The Morgan fingerprint density at radius 3 is 2.47 bits per heavy atom. The summed E-state index contributed by atoms with van der Waals surface area (Å²) in [6.45, 7) is 8.62. The predicted octanol–water partition coefficient (Wildman–Crippen LogP) is 2.43. The van der Waals surface area contributed by atoms with Crippen molar-refractivity contribution in [1.29, 1.82) is 0 Å². The standard InChI is InChI=1S/C11H17NOSSi/c1-5-6-8-7-14-11(15(2,3)4)9(8)10(12)13/h5-7H,1-4H3,(H2,12,13). The van der Waals surface area contributed by atoms with Crippen LogP contribution in [0.3, 0.4) is 0 Å². The Kier molecular flexibility index (Phi) is 3.52. The predicted molar refractivity (Wildman–Crippen MR) is 70.5 cm³/mol. The van der Waals surface area contributed by atoms with Gasteiger partial charge in [-0.3, -0.25) is 4.79 Å². The second kappa shape index (κ2) is 4.33. The molecule has 0 aliphatic carbocycles. The van der Waals surface area contributed by atoms with Crippen LogP contribution in [0.15, 0.2) is 11.5 Å². The first-order valence-corrected chi connectivity index (χ1v) is 9.30. The van der Waals surface area contributed by atoms with Gasteiger partial charge in [0.15, 0.2) is 0 Å². The molecule has 0 aliphatic heterocycles. The number of carbonyl (C=O) groups is 1. The lowest BCUT2D eigenvalue weighted by Crippen LogP contribution is -2.40. The van der Waals surface area contributed by atoms with E-state index in [1.54, 1.807) is 11.3 Å². The highest BCUT2D eigenvalue weighted by molar-refractivity contribution is 7.26. The topological polar surface area (TPSA) is 43.1 Å². The van der Waals surface area contributed by atoms with Gasteiger partial charge in [0.25, 0.3) is 0 Å². The maximum absolute atomic E-state index is 11.4. The van der Waals surface area contributed by atoms with Gasteiger partial charge in [-0.25, -0.2) is 0 Å². The van der Waals surface area contributed by atoms with E-state index in [-0.39, 0.29) is 5.91 Å². The zero-order valence-corrected chi connectivity index (χ0v) is 11.4. The first kappa shape index (κ1) is 12.2. The molecule has 1 aromatic heterocycles. The second-order valence-corrected chi connectivity index (χ2v) is 10.8. The van der Waals surface area contributed by atoms with Gasteiger partial charge < -0.3 is 5.73 Å². The molecule has 0 atom stereocenters. The van der Waals surface area contributed by atoms with Gasteiger partial charge in [0, 0.05) is 4.50 Å². The minimum absolute atomic E-state index is 0.304. The smallest absolute Gasteiger partial charge is 0.250 e. The lowest BCUT2D eigenvalue weighted by molar-refractivity contribution is 0.100. The van der Waals surface area contributed by atoms with Gasteiger partial charge in [-0.1, -0.05) is 31.8 Å². The maximum atomic E-state index is 11.4. The van der Waals surface area contributed by atoms with Crippen molar-refractivity contribution in [1.82, 2.24) is 0 Å². The zero-order valence-electron chi connectivity index (χ0n) is 9.63. The highest BCUT2D eigenvalue weighted by Crippen LogP contribution is 2.19. The van der Waals surface area contributed by atoms with Gasteiger partial charge in [0.05, 0.1) is 13.6 Å². The van der Waals surface area contributed by atoms with Gasteiger partial charge in [-0.2, -0.15) is 11.3 Å². The number of thiophene rings is 1. The SMILES string of the molecule is CC=Cc1csc([Si](C)(C)C)c1C(N)=O. The Morgan fingerprint density at radius 1 is 1.47 bits per heavy atom. The lowest BCUT2D eigenvalue weighted by Gasteiger charge is -2.15. The Bertz CT molecular complexity index is 401. The highest BCUT2D eigenvalue weighted by atomic mass is 32.1. The molecule has 0 bridgehead atoms. The number of amides is 1. The van der Waals surface area contributed by atoms with Gasteiger partial charge in [0.2, 0.25) is 5.91 Å². The fraction of sp³-hybridized carbons (Fsp3) is 0.364. The summed E-state index contributed by atoms with van der Waals surface area (Å²) in [4.78, 5) is 11.4. The molecule has 0 radical (unpaired) electrons. The van der Waals surface area contributed by atoms with Crippen LogP contribution in [0, 0.1) is 0 Å². The van der Waals surface area contributed by atoms with Crippen LogP contribution < -0.4 is 10.2 Å². The number of carbonyl (C=O) groups excluding carboxylic acids is 1. The first-order valence-electron chi connectivity index (χ1n) is 4.92. The molecule has 0 aliphatic rings. The molecular weight excluding hydrogens is 222 g/mol. The van der Waals surface area contributed by atoms with E-state index in [9.17, 15) is 4.79 Å². The molecule has 2 N–H and O–H groups in total. The zero-order chi connectivity index (χ0) is 11.6. The number of allylic oxidation sites excluding steroid dienone is 1. The second-order valence-electron chi connectivity index (χ2n) is 4.51. The molecule has 15 heavy (non-hydrogen) atoms. The van der Waals surface area contributed by atoms with Crippen LogP contribution in [-0.4, -0.2) is 14.0 Å². The van der Waals surface area contributed by atoms with E-state index < -0.39 is 8.07 Å². The third-order valence-corrected chi connectivity index (χ3v) is 6.71. The van der Waals surface area contributed by atoms with Crippen LogP contribution in [-0.2, 0) is 0 Å². The summed E-state index contributed by atoms with van der Waals surface area (Å²) in [6, 6.07) is 0. The number of nitrogens with two attached hydrogens (primary N) is 1. The van der Waals surface area contributed by atoms with Gasteiger partial charge in [0.1, 0.15) is 0 Å². The van der Waals surface area contributed by atoms with Crippen molar-refractivity contribution in [3.8, 4) is 0 Å². The van der Waals surface area contributed by atoms with Gasteiger partial charge in [-0.15, -0.1) is 0 Å². The van der Waals surface area contributed by atoms with Crippen LogP contribution in [0.5, 0.6) is 0 Å². The van der Waals surface area contributed by atoms with Crippen molar-refractivity contribution >= 4 is 35.9 Å². The van der Waals surface area contributed by atoms with Gasteiger partial charge >= 0.3 is 0 Å². The average molecular weight is 239 g/mol. The van der Waals surface area contributed by atoms with Crippen molar-refractivity contribution in [2.75, 3.05) is 0 Å². The van der Waals surface area contributed by atoms with E-state index in [0.717, 1.165) is 11.1 Å². The van der Waals surface area contributed by atoms with E-state index >= 15 is 0 Å². The van der Waals surface area contributed by atoms with Crippen molar-refractivity contribution in [3.63, 3.8) is 0 Å². The van der Waals surface area contributed by atoms with E-state index in [0.29, 0.717) is 0 Å². The Labute approximate surface area is 95.8 Å². The summed E-state index contributed by atoms with van der Waals surface area (Å²) in [5.41, 5.74) is 7.14. The number of hydrogen-bond acceptors (Lipinski definition) is 2. The molecule has 1 aromatic rings. The first-order chi connectivity index (χ1) is 6.88. The van der Waals surface area contributed by atoms with E-state index in [2.05, 4.69) is 19.6 Å². The molecule has 0 aromatic carbocycles. The maximum Gasteiger partial charge on any atom is 0.250 e. The van der Waals surface area contributed by atoms with Crippen LogP contribution in [0.2, 0.25) is 19.6 Å². The Balaban J connectivity index is 3.37. The monoisotopic (exact) mass is 239 g/mol. The molecule has 0 unspecified atom stereocenters. The van der Waals surface area contributed by atoms with Crippen molar-refractivity contribution in [2.24, 2.45) is 5.73 Å². The van der Waals surface area contributed by atoms with E-state index in [4.69, 9.17) is 5.73 Å². The third kappa shape index (κ3) is 2.57. The van der Waals surface area contributed by atoms with E-state index in [1.165, 1.54) is 4.50 Å².